The van der Waals surface area contributed by atoms with E-state index >= 15 is 0 Å². The van der Waals surface area contributed by atoms with Crippen molar-refractivity contribution in [2.45, 2.75) is 64.5 Å². The van der Waals surface area contributed by atoms with Crippen LogP contribution in [-0.2, 0) is 16.1 Å². The third-order valence-electron chi connectivity index (χ3n) is 7.91. The van der Waals surface area contributed by atoms with Gasteiger partial charge in [0.05, 0.1) is 25.3 Å². The van der Waals surface area contributed by atoms with Crippen LogP contribution in [-0.4, -0.2) is 49.6 Å². The van der Waals surface area contributed by atoms with Crippen LogP contribution in [0.5, 0.6) is 5.75 Å². The van der Waals surface area contributed by atoms with Gasteiger partial charge in [0, 0.05) is 22.6 Å². The van der Waals surface area contributed by atoms with Gasteiger partial charge in [-0.2, -0.15) is 0 Å². The molecule has 0 radical (unpaired) electrons. The lowest BCUT2D eigenvalue weighted by Gasteiger charge is -2.34. The first-order chi connectivity index (χ1) is 19.3. The predicted octanol–water partition coefficient (Wildman–Crippen LogP) is 6.42. The number of hydrogen-bond donors (Lipinski definition) is 2. The lowest BCUT2D eigenvalue weighted by atomic mass is 9.93. The number of hydrogen-bond acceptors (Lipinski definition) is 6. The number of nitrogens with zero attached hydrogens (tertiary/aromatic N) is 1. The molecule has 1 fully saturated rings. The van der Waals surface area contributed by atoms with Crippen LogP contribution in [0.1, 0.15) is 73.4 Å². The number of amides is 1. The standard InChI is InChI=1S/C32H40BrN3O4/c1-4-36(27-8-6-5-7-9-27)20-26-17-25(19-29(33)30(26)34)31(37)35-14-15-40-32(38)21(2)22-10-11-24-18-28(39-3)13-12-23(24)16-22/h10-13,16-19,21,27H,4-9,14-15,20,34H2,1-3H3,(H,35,37). The highest BCUT2D eigenvalue weighted by Crippen LogP contribution is 2.30. The first-order valence-corrected chi connectivity index (χ1v) is 14.9. The largest absolute Gasteiger partial charge is 0.497 e. The smallest absolute Gasteiger partial charge is 0.313 e. The summed E-state index contributed by atoms with van der Waals surface area (Å²) in [6.07, 6.45) is 6.27. The summed E-state index contributed by atoms with van der Waals surface area (Å²) in [6, 6.07) is 15.9. The van der Waals surface area contributed by atoms with Crippen molar-refractivity contribution in [3.8, 4) is 5.75 Å². The number of esters is 1. The Kier molecular flexibility index (Phi) is 10.5. The maximum absolute atomic E-state index is 13.0. The minimum absolute atomic E-state index is 0.0913. The summed E-state index contributed by atoms with van der Waals surface area (Å²) in [5.41, 5.74) is 9.41. The zero-order valence-corrected chi connectivity index (χ0v) is 25.3. The SMILES string of the molecule is CCN(Cc1cc(C(=O)NCCOC(=O)C(C)c2ccc3cc(OC)ccc3c2)cc(Br)c1N)C1CCCCC1. The number of halogens is 1. The first kappa shape index (κ1) is 29.9. The molecule has 1 aliphatic carbocycles. The number of fused-ring (bicyclic) bond motifs is 1. The maximum atomic E-state index is 13.0. The Morgan fingerprint density at radius 2 is 1.80 bits per heavy atom. The number of methoxy groups -OCH3 is 1. The van der Waals surface area contributed by atoms with Crippen molar-refractivity contribution >= 4 is 44.3 Å². The minimum Gasteiger partial charge on any atom is -0.497 e. The Balaban J connectivity index is 1.31. The van der Waals surface area contributed by atoms with Crippen molar-refractivity contribution in [2.24, 2.45) is 0 Å². The lowest BCUT2D eigenvalue weighted by Crippen LogP contribution is -2.36. The van der Waals surface area contributed by atoms with Gasteiger partial charge in [0.1, 0.15) is 12.4 Å². The topological polar surface area (TPSA) is 93.9 Å². The average Bonchev–Trinajstić information content (AvgIpc) is 2.99. The second-order valence-corrected chi connectivity index (χ2v) is 11.4. The van der Waals surface area contributed by atoms with Gasteiger partial charge < -0.3 is 20.5 Å². The second-order valence-electron chi connectivity index (χ2n) is 10.5. The fourth-order valence-corrected chi connectivity index (χ4v) is 5.92. The highest BCUT2D eigenvalue weighted by molar-refractivity contribution is 9.10. The molecule has 0 heterocycles. The van der Waals surface area contributed by atoms with E-state index in [9.17, 15) is 9.59 Å². The van der Waals surface area contributed by atoms with Crippen LogP contribution in [0.4, 0.5) is 5.69 Å². The number of carbonyl (C=O) groups excluding carboxylic acids is 2. The number of nitrogen functional groups attached to an aromatic ring is 1. The van der Waals surface area contributed by atoms with Crippen molar-refractivity contribution < 1.29 is 19.1 Å². The Morgan fingerprint density at radius 1 is 1.07 bits per heavy atom. The van der Waals surface area contributed by atoms with E-state index in [1.807, 2.05) is 49.4 Å². The van der Waals surface area contributed by atoms with Crippen LogP contribution in [0, 0.1) is 0 Å². The molecule has 3 aromatic rings. The number of anilines is 1. The van der Waals surface area contributed by atoms with Gasteiger partial charge in [-0.1, -0.05) is 50.5 Å². The molecule has 0 aromatic heterocycles. The van der Waals surface area contributed by atoms with Crippen LogP contribution >= 0.6 is 15.9 Å². The zero-order chi connectivity index (χ0) is 28.6. The molecule has 4 rings (SSSR count). The van der Waals surface area contributed by atoms with Crippen LogP contribution in [0.3, 0.4) is 0 Å². The van der Waals surface area contributed by atoms with E-state index in [1.165, 1.54) is 32.1 Å². The number of ether oxygens (including phenoxy) is 2. The lowest BCUT2D eigenvalue weighted by molar-refractivity contribution is -0.144. The van der Waals surface area contributed by atoms with Gasteiger partial charge in [0.2, 0.25) is 0 Å². The third-order valence-corrected chi connectivity index (χ3v) is 8.56. The van der Waals surface area contributed by atoms with E-state index in [0.717, 1.165) is 34.2 Å². The molecule has 1 aliphatic rings. The van der Waals surface area contributed by atoms with Gasteiger partial charge in [-0.15, -0.1) is 0 Å². The minimum atomic E-state index is -0.427. The van der Waals surface area contributed by atoms with E-state index in [2.05, 4.69) is 33.1 Å². The van der Waals surface area contributed by atoms with E-state index in [0.29, 0.717) is 28.3 Å². The third kappa shape index (κ3) is 7.34. The van der Waals surface area contributed by atoms with Crippen molar-refractivity contribution in [1.29, 1.82) is 0 Å². The summed E-state index contributed by atoms with van der Waals surface area (Å²) in [7, 11) is 1.64. The molecule has 1 unspecified atom stereocenters. The van der Waals surface area contributed by atoms with Gasteiger partial charge in [0.25, 0.3) is 5.91 Å². The Labute approximate surface area is 245 Å². The molecule has 1 amide bonds. The van der Waals surface area contributed by atoms with Crippen LogP contribution in [0.25, 0.3) is 10.8 Å². The highest BCUT2D eigenvalue weighted by atomic mass is 79.9. The number of nitrogens with two attached hydrogens (primary N) is 1. The molecule has 0 saturated heterocycles. The molecule has 1 saturated carbocycles. The quantitative estimate of drug-likeness (QED) is 0.148. The summed E-state index contributed by atoms with van der Waals surface area (Å²) in [5.74, 6) is -0.193. The van der Waals surface area contributed by atoms with Crippen molar-refractivity contribution in [1.82, 2.24) is 10.2 Å². The molecule has 0 spiro atoms. The van der Waals surface area contributed by atoms with E-state index in [-0.39, 0.29) is 25.0 Å². The van der Waals surface area contributed by atoms with Gasteiger partial charge in [-0.25, -0.2) is 0 Å². The number of nitrogens with one attached hydrogen (secondary N) is 1. The highest BCUT2D eigenvalue weighted by Gasteiger charge is 2.22. The second kappa shape index (κ2) is 14.0. The monoisotopic (exact) mass is 609 g/mol. The maximum Gasteiger partial charge on any atom is 0.313 e. The molecule has 214 valence electrons. The first-order valence-electron chi connectivity index (χ1n) is 14.1. The number of rotatable bonds is 11. The normalized spacial score (nSPS) is 14.7. The van der Waals surface area contributed by atoms with Crippen LogP contribution in [0.15, 0.2) is 53.0 Å². The number of benzene rings is 3. The average molecular weight is 611 g/mol. The molecule has 40 heavy (non-hydrogen) atoms. The Morgan fingerprint density at radius 3 is 2.52 bits per heavy atom. The summed E-state index contributed by atoms with van der Waals surface area (Å²) in [4.78, 5) is 28.1. The molecule has 3 aromatic carbocycles. The van der Waals surface area contributed by atoms with Gasteiger partial charge >= 0.3 is 5.97 Å². The van der Waals surface area contributed by atoms with Crippen molar-refractivity contribution in [2.75, 3.05) is 32.5 Å². The molecule has 1 atom stereocenters. The molecular weight excluding hydrogens is 570 g/mol. The molecule has 0 bridgehead atoms. The van der Waals surface area contributed by atoms with E-state index < -0.39 is 5.92 Å². The fraction of sp³-hybridized carbons (Fsp3) is 0.438. The van der Waals surface area contributed by atoms with Crippen LogP contribution in [0.2, 0.25) is 0 Å². The van der Waals surface area contributed by atoms with Crippen molar-refractivity contribution in [3.05, 3.63) is 69.7 Å². The fourth-order valence-electron chi connectivity index (χ4n) is 5.42. The van der Waals surface area contributed by atoms with Gasteiger partial charge in [-0.05, 0) is 88.4 Å². The molecule has 7 nitrogen and oxygen atoms in total. The summed E-state index contributed by atoms with van der Waals surface area (Å²) in [6.45, 7) is 5.96. The molecule has 3 N–H and O–H groups in total. The summed E-state index contributed by atoms with van der Waals surface area (Å²) in [5, 5.41) is 4.94. The summed E-state index contributed by atoms with van der Waals surface area (Å²) < 4.78 is 11.5. The molecular formula is C32H40BrN3O4. The molecule has 0 aliphatic heterocycles. The molecule has 8 heteroatoms. The van der Waals surface area contributed by atoms with Crippen molar-refractivity contribution in [3.63, 3.8) is 0 Å². The Hall–Kier alpha value is -3.10. The van der Waals surface area contributed by atoms with E-state index in [4.69, 9.17) is 15.2 Å². The zero-order valence-electron chi connectivity index (χ0n) is 23.7. The van der Waals surface area contributed by atoms with Gasteiger partial charge in [0.15, 0.2) is 0 Å². The van der Waals surface area contributed by atoms with Crippen LogP contribution < -0.4 is 15.8 Å². The Bertz CT molecular complexity index is 1340. The van der Waals surface area contributed by atoms with E-state index in [1.54, 1.807) is 13.2 Å². The number of carbonyl (C=O) groups is 2. The van der Waals surface area contributed by atoms with Gasteiger partial charge in [-0.3, -0.25) is 14.5 Å². The summed E-state index contributed by atoms with van der Waals surface area (Å²) >= 11 is 3.54. The predicted molar refractivity (Wildman–Crippen MR) is 164 cm³/mol.